The molecule has 4 nitrogen and oxygen atoms in total. The van der Waals surface area contributed by atoms with E-state index in [-0.39, 0.29) is 5.82 Å². The minimum atomic E-state index is -0.105. The first-order valence-electron chi connectivity index (χ1n) is 18.2. The number of ether oxygens (including phenoxy) is 2. The fourth-order valence-corrected chi connectivity index (χ4v) is 6.86. The Balaban J connectivity index is 1.53. The molecule has 44 heavy (non-hydrogen) atoms. The van der Waals surface area contributed by atoms with Gasteiger partial charge >= 0.3 is 0 Å². The summed E-state index contributed by atoms with van der Waals surface area (Å²) in [5.41, 5.74) is 6.06. The van der Waals surface area contributed by atoms with Crippen LogP contribution < -0.4 is 9.64 Å². The Hall–Kier alpha value is -2.40. The highest BCUT2D eigenvalue weighted by Crippen LogP contribution is 2.38. The fraction of sp³-hybridized carbons (Fsp3) is 0.667. The largest absolute Gasteiger partial charge is 0.491 e. The second-order valence-electron chi connectivity index (χ2n) is 12.9. The zero-order chi connectivity index (χ0) is 30.8. The number of halogens is 1. The number of anilines is 1. The van der Waals surface area contributed by atoms with Gasteiger partial charge in [0.2, 0.25) is 0 Å². The Bertz CT molecular complexity index is 1140. The smallest absolute Gasteiger partial charge is 0.184 e. The van der Waals surface area contributed by atoms with E-state index in [2.05, 4.69) is 35.5 Å². The van der Waals surface area contributed by atoms with Crippen molar-refractivity contribution in [2.45, 2.75) is 130 Å². The molecule has 1 fully saturated rings. The summed E-state index contributed by atoms with van der Waals surface area (Å²) in [5, 5.41) is 0. The number of rotatable bonds is 21. The predicted octanol–water partition coefficient (Wildman–Crippen LogP) is 9.88. The molecule has 1 saturated heterocycles. The summed E-state index contributed by atoms with van der Waals surface area (Å²) < 4.78 is 29.7. The lowest BCUT2D eigenvalue weighted by Gasteiger charge is -2.32. The summed E-state index contributed by atoms with van der Waals surface area (Å²) in [7, 11) is 0. The number of morpholine rings is 1. The van der Waals surface area contributed by atoms with Gasteiger partial charge in [0.1, 0.15) is 18.1 Å². The van der Waals surface area contributed by atoms with E-state index in [4.69, 9.17) is 9.47 Å². The first-order chi connectivity index (χ1) is 21.7. The lowest BCUT2D eigenvalue weighted by molar-refractivity contribution is -0.546. The Kier molecular flexibility index (Phi) is 15.6. The maximum Gasteiger partial charge on any atom is 0.184 e. The number of nitrogens with zero attached hydrogens (tertiary/aromatic N) is 2. The average molecular weight is 608 g/mol. The van der Waals surface area contributed by atoms with Crippen LogP contribution in [0.25, 0.3) is 0 Å². The monoisotopic (exact) mass is 607 g/mol. The Morgan fingerprint density at radius 3 is 2.09 bits per heavy atom. The molecule has 0 aliphatic carbocycles. The molecule has 2 heterocycles. The second kappa shape index (κ2) is 19.9. The van der Waals surface area contributed by atoms with Crippen molar-refractivity contribution >= 4 is 11.4 Å². The van der Waals surface area contributed by atoms with Gasteiger partial charge in [-0.3, -0.25) is 0 Å². The molecule has 2 aliphatic heterocycles. The van der Waals surface area contributed by atoms with E-state index in [9.17, 15) is 4.39 Å². The second-order valence-corrected chi connectivity index (χ2v) is 12.9. The third-order valence-electron chi connectivity index (χ3n) is 9.50. The van der Waals surface area contributed by atoms with Gasteiger partial charge in [-0.25, -0.2) is 8.97 Å². The van der Waals surface area contributed by atoms with E-state index >= 15 is 0 Å². The van der Waals surface area contributed by atoms with Gasteiger partial charge in [0.25, 0.3) is 0 Å². The lowest BCUT2D eigenvalue weighted by Crippen LogP contribution is -2.37. The molecule has 0 bridgehead atoms. The molecule has 2 aromatic rings. The van der Waals surface area contributed by atoms with Gasteiger partial charge in [0.05, 0.1) is 31.1 Å². The zero-order valence-electron chi connectivity index (χ0n) is 28.0. The van der Waals surface area contributed by atoms with E-state index in [1.807, 2.05) is 12.1 Å². The molecule has 0 spiro atoms. The summed E-state index contributed by atoms with van der Waals surface area (Å²) in [6.45, 7) is 10.2. The van der Waals surface area contributed by atoms with E-state index in [1.165, 1.54) is 112 Å². The molecule has 0 N–H and O–H groups in total. The lowest BCUT2D eigenvalue weighted by atomic mass is 9.91. The topological polar surface area (TPSA) is 24.7 Å². The fourth-order valence-electron chi connectivity index (χ4n) is 6.86. The van der Waals surface area contributed by atoms with Crippen molar-refractivity contribution in [2.75, 3.05) is 44.4 Å². The van der Waals surface area contributed by atoms with Crippen LogP contribution in [0.5, 0.6) is 5.75 Å². The van der Waals surface area contributed by atoms with Crippen LogP contribution in [0.15, 0.2) is 36.4 Å². The Morgan fingerprint density at radius 1 is 0.773 bits per heavy atom. The molecule has 5 heteroatoms. The van der Waals surface area contributed by atoms with Gasteiger partial charge in [0.15, 0.2) is 12.3 Å². The number of fused-ring (bicyclic) bond motifs is 1. The summed E-state index contributed by atoms with van der Waals surface area (Å²) in [5.74, 6) is 0.986. The van der Waals surface area contributed by atoms with Crippen molar-refractivity contribution in [3.8, 4) is 5.75 Å². The Morgan fingerprint density at radius 2 is 1.41 bits per heavy atom. The average Bonchev–Trinajstić information content (AvgIpc) is 3.05. The number of hydrogen-bond acceptors (Lipinski definition) is 3. The standard InChI is InChI=1S/C39H60FN2O2/c1-3-5-7-9-11-12-13-14-16-22-37-34-23-24-38(41-27-30-43-31-28-41)39(44-29-19-15-10-8-6-4-2)35(34)25-26-42(37)32-33-20-17-18-21-36(33)40/h17-18,20-21,23-24H,3-16,19,22,25-32H2,1-2H3/q+1. The van der Waals surface area contributed by atoms with Crippen molar-refractivity contribution in [1.82, 2.24) is 0 Å². The van der Waals surface area contributed by atoms with Gasteiger partial charge in [-0.15, -0.1) is 0 Å². The van der Waals surface area contributed by atoms with Crippen LogP contribution in [-0.2, 0) is 17.7 Å². The van der Waals surface area contributed by atoms with Crippen LogP contribution in [0, 0.1) is 5.82 Å². The molecule has 2 aromatic carbocycles. The Labute approximate surface area is 268 Å². The molecule has 0 amide bonds. The van der Waals surface area contributed by atoms with Gasteiger partial charge in [-0.05, 0) is 37.1 Å². The van der Waals surface area contributed by atoms with Crippen LogP contribution in [0.2, 0.25) is 0 Å². The normalized spacial score (nSPS) is 15.1. The van der Waals surface area contributed by atoms with Crippen LogP contribution in [0.4, 0.5) is 10.1 Å². The number of hydrogen-bond donors (Lipinski definition) is 0. The van der Waals surface area contributed by atoms with Crippen molar-refractivity contribution in [3.63, 3.8) is 0 Å². The summed E-state index contributed by atoms with van der Waals surface area (Å²) in [6.07, 6.45) is 21.4. The van der Waals surface area contributed by atoms with E-state index in [0.29, 0.717) is 6.54 Å². The van der Waals surface area contributed by atoms with Crippen LogP contribution >= 0.6 is 0 Å². The van der Waals surface area contributed by atoms with Gasteiger partial charge in [0, 0.05) is 37.1 Å². The third-order valence-corrected chi connectivity index (χ3v) is 9.50. The van der Waals surface area contributed by atoms with E-state index in [1.54, 1.807) is 12.1 Å². The highest BCUT2D eigenvalue weighted by molar-refractivity contribution is 6.00. The summed E-state index contributed by atoms with van der Waals surface area (Å²) in [4.78, 5) is 2.45. The minimum absolute atomic E-state index is 0.105. The summed E-state index contributed by atoms with van der Waals surface area (Å²) in [6, 6.07) is 11.9. The maximum absolute atomic E-state index is 14.8. The first-order valence-corrected chi connectivity index (χ1v) is 18.2. The van der Waals surface area contributed by atoms with E-state index in [0.717, 1.165) is 70.0 Å². The van der Waals surface area contributed by atoms with Gasteiger partial charge in [-0.2, -0.15) is 0 Å². The molecule has 2 aliphatic rings. The number of benzene rings is 2. The SMILES string of the molecule is CCCCCCCCCCCC1=[N+](Cc2ccccc2F)CCc2c1ccc(N1CCOCC1)c2OCCCCCCCC. The van der Waals surface area contributed by atoms with Crippen LogP contribution in [0.1, 0.15) is 133 Å². The third kappa shape index (κ3) is 10.6. The zero-order valence-corrected chi connectivity index (χ0v) is 28.0. The van der Waals surface area contributed by atoms with Crippen LogP contribution in [-0.4, -0.2) is 49.7 Å². The van der Waals surface area contributed by atoms with Crippen molar-refractivity contribution in [2.24, 2.45) is 0 Å². The quantitative estimate of drug-likeness (QED) is 0.104. The van der Waals surface area contributed by atoms with Crippen molar-refractivity contribution < 1.29 is 18.4 Å². The molecule has 0 radical (unpaired) electrons. The molecule has 0 atom stereocenters. The molecule has 4 rings (SSSR count). The highest BCUT2D eigenvalue weighted by atomic mass is 19.1. The van der Waals surface area contributed by atoms with Crippen LogP contribution in [0.3, 0.4) is 0 Å². The maximum atomic E-state index is 14.8. The molecule has 0 unspecified atom stereocenters. The molecule has 0 aromatic heterocycles. The first kappa shape index (κ1) is 34.5. The van der Waals surface area contributed by atoms with Crippen molar-refractivity contribution in [3.05, 3.63) is 58.9 Å². The predicted molar refractivity (Wildman–Crippen MR) is 183 cm³/mol. The minimum Gasteiger partial charge on any atom is -0.491 e. The van der Waals surface area contributed by atoms with Gasteiger partial charge in [-0.1, -0.05) is 109 Å². The molecular weight excluding hydrogens is 547 g/mol. The molecular formula is C39H60FN2O2+. The molecule has 0 saturated carbocycles. The number of unbranched alkanes of at least 4 members (excludes halogenated alkanes) is 13. The summed E-state index contributed by atoms with van der Waals surface area (Å²) >= 11 is 0. The van der Waals surface area contributed by atoms with Crippen molar-refractivity contribution in [1.29, 1.82) is 0 Å². The molecule has 244 valence electrons. The van der Waals surface area contributed by atoms with E-state index < -0.39 is 0 Å². The van der Waals surface area contributed by atoms with Gasteiger partial charge < -0.3 is 14.4 Å². The highest BCUT2D eigenvalue weighted by Gasteiger charge is 2.31.